The quantitative estimate of drug-likeness (QED) is 0.866. The van der Waals surface area contributed by atoms with Gasteiger partial charge in [0.05, 0.1) is 0 Å². The second kappa shape index (κ2) is 6.90. The summed E-state index contributed by atoms with van der Waals surface area (Å²) >= 11 is 1.70. The third-order valence-corrected chi connectivity index (χ3v) is 5.78. The fourth-order valence-electron chi connectivity index (χ4n) is 3.68. The molecule has 0 spiro atoms. The second-order valence-electron chi connectivity index (χ2n) is 6.31. The van der Waals surface area contributed by atoms with E-state index in [2.05, 4.69) is 0 Å². The van der Waals surface area contributed by atoms with Crippen molar-refractivity contribution in [1.82, 2.24) is 9.80 Å². The Hall–Kier alpha value is -0.910. The maximum absolute atomic E-state index is 12.8. The SMILES string of the molecule is CSCC(C)N(C)C(=O)N1C(C(=O)O)CC2CCCCC21. The lowest BCUT2D eigenvalue weighted by Crippen LogP contribution is -2.53. The van der Waals surface area contributed by atoms with Gasteiger partial charge in [0.25, 0.3) is 0 Å². The molecule has 1 saturated heterocycles. The fourth-order valence-corrected chi connectivity index (χ4v) is 4.39. The lowest BCUT2D eigenvalue weighted by Gasteiger charge is -2.37. The first kappa shape index (κ1) is 16.5. The van der Waals surface area contributed by atoms with Crippen molar-refractivity contribution in [2.24, 2.45) is 5.92 Å². The van der Waals surface area contributed by atoms with E-state index in [1.165, 1.54) is 0 Å². The maximum atomic E-state index is 12.8. The Kier molecular flexibility index (Phi) is 5.41. The smallest absolute Gasteiger partial charge is 0.326 e. The molecular formula is C15H26N2O3S. The first-order valence-electron chi connectivity index (χ1n) is 7.74. The summed E-state index contributed by atoms with van der Waals surface area (Å²) in [7, 11) is 1.79. The van der Waals surface area contributed by atoms with Gasteiger partial charge >= 0.3 is 12.0 Å². The highest BCUT2D eigenvalue weighted by molar-refractivity contribution is 7.98. The topological polar surface area (TPSA) is 60.9 Å². The number of likely N-dealkylation sites (tertiary alicyclic amines) is 1. The fraction of sp³-hybridized carbons (Fsp3) is 0.867. The number of aliphatic carboxylic acids is 1. The van der Waals surface area contributed by atoms with Gasteiger partial charge in [-0.25, -0.2) is 9.59 Å². The van der Waals surface area contributed by atoms with E-state index in [-0.39, 0.29) is 18.1 Å². The van der Waals surface area contributed by atoms with Crippen molar-refractivity contribution in [3.05, 3.63) is 0 Å². The van der Waals surface area contributed by atoms with Gasteiger partial charge in [-0.2, -0.15) is 11.8 Å². The number of thioether (sulfide) groups is 1. The minimum Gasteiger partial charge on any atom is -0.480 e. The first-order valence-corrected chi connectivity index (χ1v) is 9.13. The average molecular weight is 314 g/mol. The molecule has 2 aliphatic rings. The van der Waals surface area contributed by atoms with E-state index in [4.69, 9.17) is 0 Å². The standard InChI is InChI=1S/C15H26N2O3S/c1-10(9-21-3)16(2)15(20)17-12-7-5-4-6-11(12)8-13(17)14(18)19/h10-13H,4-9H2,1-3H3,(H,18,19). The van der Waals surface area contributed by atoms with E-state index in [9.17, 15) is 14.7 Å². The molecule has 2 fully saturated rings. The number of urea groups is 1. The first-order chi connectivity index (χ1) is 9.97. The number of nitrogens with zero attached hydrogens (tertiary/aromatic N) is 2. The molecule has 6 heteroatoms. The zero-order chi connectivity index (χ0) is 15.6. The summed E-state index contributed by atoms with van der Waals surface area (Å²) in [6.07, 6.45) is 6.90. The molecule has 0 aromatic rings. The number of fused-ring (bicyclic) bond motifs is 1. The summed E-state index contributed by atoms with van der Waals surface area (Å²) in [5.74, 6) is 0.374. The van der Waals surface area contributed by atoms with Crippen LogP contribution < -0.4 is 0 Å². The molecule has 5 nitrogen and oxygen atoms in total. The van der Waals surface area contributed by atoms with Gasteiger partial charge < -0.3 is 14.9 Å². The molecule has 0 aromatic heterocycles. The summed E-state index contributed by atoms with van der Waals surface area (Å²) < 4.78 is 0. The van der Waals surface area contributed by atoms with Gasteiger partial charge in [-0.3, -0.25) is 0 Å². The van der Waals surface area contributed by atoms with Crippen molar-refractivity contribution >= 4 is 23.8 Å². The van der Waals surface area contributed by atoms with E-state index in [0.29, 0.717) is 12.3 Å². The van der Waals surface area contributed by atoms with Crippen LogP contribution in [-0.4, -0.2) is 64.1 Å². The number of amides is 2. The van der Waals surface area contributed by atoms with E-state index in [1.54, 1.807) is 28.6 Å². The van der Waals surface area contributed by atoms with E-state index in [1.807, 2.05) is 13.2 Å². The third-order valence-electron chi connectivity index (χ3n) is 4.96. The van der Waals surface area contributed by atoms with Crippen LogP contribution in [0.25, 0.3) is 0 Å². The molecule has 1 aliphatic carbocycles. The average Bonchev–Trinajstić information content (AvgIpc) is 2.85. The lowest BCUT2D eigenvalue weighted by atomic mass is 9.85. The van der Waals surface area contributed by atoms with E-state index in [0.717, 1.165) is 31.4 Å². The number of carbonyl (C=O) groups is 2. The van der Waals surface area contributed by atoms with Gasteiger partial charge in [-0.05, 0) is 38.4 Å². The van der Waals surface area contributed by atoms with Crippen LogP contribution >= 0.6 is 11.8 Å². The van der Waals surface area contributed by atoms with Crippen LogP contribution in [0.5, 0.6) is 0 Å². The molecule has 4 atom stereocenters. The predicted molar refractivity (Wildman–Crippen MR) is 84.6 cm³/mol. The van der Waals surface area contributed by atoms with Crippen molar-refractivity contribution < 1.29 is 14.7 Å². The highest BCUT2D eigenvalue weighted by Gasteiger charge is 2.48. The highest BCUT2D eigenvalue weighted by atomic mass is 32.2. The van der Waals surface area contributed by atoms with Crippen LogP contribution in [0.15, 0.2) is 0 Å². The van der Waals surface area contributed by atoms with Crippen LogP contribution in [0, 0.1) is 5.92 Å². The Morgan fingerprint density at radius 3 is 2.67 bits per heavy atom. The molecule has 21 heavy (non-hydrogen) atoms. The Balaban J connectivity index is 2.16. The summed E-state index contributed by atoms with van der Waals surface area (Å²) in [4.78, 5) is 27.8. The van der Waals surface area contributed by atoms with Gasteiger partial charge in [0, 0.05) is 24.9 Å². The van der Waals surface area contributed by atoms with Crippen molar-refractivity contribution in [1.29, 1.82) is 0 Å². The Bertz CT molecular complexity index is 404. The summed E-state index contributed by atoms with van der Waals surface area (Å²) in [6, 6.07) is -0.520. The van der Waals surface area contributed by atoms with E-state index >= 15 is 0 Å². The number of hydrogen-bond acceptors (Lipinski definition) is 3. The summed E-state index contributed by atoms with van der Waals surface area (Å²) in [5.41, 5.74) is 0. The number of hydrogen-bond donors (Lipinski definition) is 1. The molecule has 0 radical (unpaired) electrons. The molecule has 0 aromatic carbocycles. The summed E-state index contributed by atoms with van der Waals surface area (Å²) in [5, 5.41) is 9.49. The maximum Gasteiger partial charge on any atom is 0.326 e. The second-order valence-corrected chi connectivity index (χ2v) is 7.22. The van der Waals surface area contributed by atoms with Crippen LogP contribution in [0.2, 0.25) is 0 Å². The molecule has 2 rings (SSSR count). The molecule has 1 aliphatic heterocycles. The Labute approximate surface area is 131 Å². The monoisotopic (exact) mass is 314 g/mol. The van der Waals surface area contributed by atoms with Gasteiger partial charge in [0.15, 0.2) is 0 Å². The van der Waals surface area contributed by atoms with Gasteiger partial charge in [-0.15, -0.1) is 0 Å². The molecule has 2 amide bonds. The van der Waals surface area contributed by atoms with Crippen LogP contribution in [0.3, 0.4) is 0 Å². The summed E-state index contributed by atoms with van der Waals surface area (Å²) in [6.45, 7) is 2.01. The van der Waals surface area contributed by atoms with Crippen LogP contribution in [0.4, 0.5) is 4.79 Å². The minimum atomic E-state index is -0.858. The molecule has 4 unspecified atom stereocenters. The van der Waals surface area contributed by atoms with Crippen LogP contribution in [-0.2, 0) is 4.79 Å². The van der Waals surface area contributed by atoms with Crippen molar-refractivity contribution in [3.8, 4) is 0 Å². The largest absolute Gasteiger partial charge is 0.480 e. The number of carbonyl (C=O) groups excluding carboxylic acids is 1. The molecular weight excluding hydrogens is 288 g/mol. The molecule has 1 N–H and O–H groups in total. The predicted octanol–water partition coefficient (Wildman–Crippen LogP) is 2.51. The zero-order valence-corrected chi connectivity index (χ0v) is 13.9. The van der Waals surface area contributed by atoms with Gasteiger partial charge in [-0.1, -0.05) is 12.8 Å². The van der Waals surface area contributed by atoms with Crippen molar-refractivity contribution in [3.63, 3.8) is 0 Å². The van der Waals surface area contributed by atoms with Crippen LogP contribution in [0.1, 0.15) is 39.0 Å². The Morgan fingerprint density at radius 1 is 1.38 bits per heavy atom. The Morgan fingerprint density at radius 2 is 2.05 bits per heavy atom. The van der Waals surface area contributed by atoms with E-state index < -0.39 is 12.0 Å². The van der Waals surface area contributed by atoms with Crippen molar-refractivity contribution in [2.45, 2.75) is 57.2 Å². The number of carboxylic acids is 1. The number of rotatable bonds is 4. The third kappa shape index (κ3) is 3.30. The normalized spacial score (nSPS) is 29.9. The van der Waals surface area contributed by atoms with Gasteiger partial charge in [0.2, 0.25) is 0 Å². The highest BCUT2D eigenvalue weighted by Crippen LogP contribution is 2.40. The lowest BCUT2D eigenvalue weighted by molar-refractivity contribution is -0.141. The molecule has 1 heterocycles. The number of carboxylic acid groups (broad SMARTS) is 1. The molecule has 0 bridgehead atoms. The minimum absolute atomic E-state index is 0.113. The van der Waals surface area contributed by atoms with Crippen molar-refractivity contribution in [2.75, 3.05) is 19.1 Å². The van der Waals surface area contributed by atoms with Gasteiger partial charge in [0.1, 0.15) is 6.04 Å². The molecule has 1 saturated carbocycles. The zero-order valence-electron chi connectivity index (χ0n) is 13.1. The molecule has 120 valence electrons.